The van der Waals surface area contributed by atoms with Crippen molar-refractivity contribution in [2.75, 3.05) is 11.8 Å². The van der Waals surface area contributed by atoms with Crippen molar-refractivity contribution in [3.8, 4) is 5.75 Å². The van der Waals surface area contributed by atoms with Gasteiger partial charge >= 0.3 is 0 Å². The molecule has 0 radical (unpaired) electrons. The Bertz CT molecular complexity index is 969. The lowest BCUT2D eigenvalue weighted by atomic mass is 10.2. The van der Waals surface area contributed by atoms with E-state index in [2.05, 4.69) is 9.71 Å². The van der Waals surface area contributed by atoms with Crippen molar-refractivity contribution in [2.45, 2.75) is 4.90 Å². The Morgan fingerprint density at radius 2 is 1.96 bits per heavy atom. The third-order valence-electron chi connectivity index (χ3n) is 3.31. The number of rotatable bonds is 4. The van der Waals surface area contributed by atoms with E-state index in [4.69, 9.17) is 16.3 Å². The van der Waals surface area contributed by atoms with Crippen molar-refractivity contribution in [1.29, 1.82) is 0 Å². The molecule has 3 aromatic rings. The van der Waals surface area contributed by atoms with E-state index in [1.165, 1.54) is 19.2 Å². The number of methoxy groups -OCH3 is 1. The molecule has 0 atom stereocenters. The van der Waals surface area contributed by atoms with Gasteiger partial charge in [-0.1, -0.05) is 17.7 Å². The molecule has 3 rings (SSSR count). The largest absolute Gasteiger partial charge is 0.495 e. The highest BCUT2D eigenvalue weighted by atomic mass is 35.5. The van der Waals surface area contributed by atoms with Crippen molar-refractivity contribution in [3.05, 3.63) is 59.8 Å². The van der Waals surface area contributed by atoms with Crippen LogP contribution >= 0.6 is 11.6 Å². The van der Waals surface area contributed by atoms with Gasteiger partial charge in [-0.15, -0.1) is 0 Å². The number of sulfonamides is 1. The number of hydrogen-bond donors (Lipinski definition) is 1. The van der Waals surface area contributed by atoms with Gasteiger partial charge in [0.25, 0.3) is 10.0 Å². The number of anilines is 1. The van der Waals surface area contributed by atoms with Gasteiger partial charge in [-0.25, -0.2) is 8.42 Å². The second-order valence-corrected chi connectivity index (χ2v) is 6.86. The number of nitrogens with zero attached hydrogens (tertiary/aromatic N) is 1. The van der Waals surface area contributed by atoms with E-state index < -0.39 is 10.0 Å². The van der Waals surface area contributed by atoms with Crippen molar-refractivity contribution in [3.63, 3.8) is 0 Å². The first-order valence-electron chi connectivity index (χ1n) is 6.71. The van der Waals surface area contributed by atoms with E-state index >= 15 is 0 Å². The Labute approximate surface area is 138 Å². The highest BCUT2D eigenvalue weighted by molar-refractivity contribution is 7.92. The molecule has 2 aromatic carbocycles. The van der Waals surface area contributed by atoms with Gasteiger partial charge in [-0.3, -0.25) is 9.71 Å². The lowest BCUT2D eigenvalue weighted by Gasteiger charge is -2.13. The maximum atomic E-state index is 12.7. The second-order valence-electron chi connectivity index (χ2n) is 4.78. The lowest BCUT2D eigenvalue weighted by molar-refractivity contribution is 0.403. The van der Waals surface area contributed by atoms with Crippen LogP contribution in [0.15, 0.2) is 59.6 Å². The molecule has 0 amide bonds. The summed E-state index contributed by atoms with van der Waals surface area (Å²) in [7, 11) is -2.45. The van der Waals surface area contributed by atoms with Gasteiger partial charge in [0.05, 0.1) is 18.3 Å². The monoisotopic (exact) mass is 348 g/mol. The molecule has 0 saturated heterocycles. The van der Waals surface area contributed by atoms with Gasteiger partial charge in [0.2, 0.25) is 0 Å². The van der Waals surface area contributed by atoms with Crippen LogP contribution in [0.4, 0.5) is 5.69 Å². The third kappa shape index (κ3) is 3.09. The summed E-state index contributed by atoms with van der Waals surface area (Å²) in [5, 5.41) is 1.02. The molecule has 5 nitrogen and oxygen atoms in total. The SMILES string of the molecule is COc1ccc(Cl)cc1S(=O)(=O)Nc1cccc2ncccc12. The summed E-state index contributed by atoms with van der Waals surface area (Å²) in [6.45, 7) is 0. The molecule has 0 saturated carbocycles. The van der Waals surface area contributed by atoms with Crippen LogP contribution < -0.4 is 9.46 Å². The van der Waals surface area contributed by atoms with E-state index in [9.17, 15) is 8.42 Å². The Hall–Kier alpha value is -2.31. The number of ether oxygens (including phenoxy) is 1. The highest BCUT2D eigenvalue weighted by Crippen LogP contribution is 2.30. The Morgan fingerprint density at radius 1 is 1.13 bits per heavy atom. The summed E-state index contributed by atoms with van der Waals surface area (Å²) in [5.74, 6) is 0.222. The molecule has 7 heteroatoms. The zero-order valence-corrected chi connectivity index (χ0v) is 13.7. The summed E-state index contributed by atoms with van der Waals surface area (Å²) >= 11 is 5.92. The number of pyridine rings is 1. The van der Waals surface area contributed by atoms with Gasteiger partial charge in [0, 0.05) is 16.6 Å². The fraction of sp³-hybridized carbons (Fsp3) is 0.0625. The summed E-state index contributed by atoms with van der Waals surface area (Å²) in [5.41, 5.74) is 1.14. The molecule has 0 aliphatic carbocycles. The first-order valence-corrected chi connectivity index (χ1v) is 8.57. The van der Waals surface area contributed by atoms with Crippen molar-refractivity contribution >= 4 is 38.2 Å². The van der Waals surface area contributed by atoms with Gasteiger partial charge in [0.15, 0.2) is 0 Å². The third-order valence-corrected chi connectivity index (χ3v) is 4.93. The molecule has 1 aromatic heterocycles. The predicted molar refractivity (Wildman–Crippen MR) is 90.6 cm³/mol. The summed E-state index contributed by atoms with van der Waals surface area (Å²) in [6.07, 6.45) is 1.65. The first kappa shape index (κ1) is 15.6. The maximum Gasteiger partial charge on any atom is 0.265 e. The molecule has 23 heavy (non-hydrogen) atoms. The number of aromatic nitrogens is 1. The molecule has 1 heterocycles. The fourth-order valence-corrected chi connectivity index (χ4v) is 3.77. The lowest BCUT2D eigenvalue weighted by Crippen LogP contribution is -2.14. The number of hydrogen-bond acceptors (Lipinski definition) is 4. The Kier molecular flexibility index (Phi) is 4.11. The standard InChI is InChI=1S/C16H13ClN2O3S/c1-22-15-8-7-11(17)10-16(15)23(20,21)19-14-6-2-5-13-12(14)4-3-9-18-13/h2-10,19H,1H3. The minimum atomic E-state index is -3.86. The van der Waals surface area contributed by atoms with Crippen LogP contribution in [0.3, 0.4) is 0 Å². The molecular formula is C16H13ClN2O3S. The van der Waals surface area contributed by atoms with E-state index in [0.717, 1.165) is 0 Å². The van der Waals surface area contributed by atoms with Gasteiger partial charge in [-0.2, -0.15) is 0 Å². The van der Waals surface area contributed by atoms with Crippen LogP contribution in [0.5, 0.6) is 5.75 Å². The average molecular weight is 349 g/mol. The van der Waals surface area contributed by atoms with Gasteiger partial charge in [0.1, 0.15) is 10.6 Å². The Balaban J connectivity index is 2.09. The molecule has 0 bridgehead atoms. The van der Waals surface area contributed by atoms with Crippen LogP contribution in [-0.4, -0.2) is 20.5 Å². The fourth-order valence-electron chi connectivity index (χ4n) is 2.25. The summed E-state index contributed by atoms with van der Waals surface area (Å²) in [6, 6.07) is 13.2. The molecule has 0 aliphatic rings. The summed E-state index contributed by atoms with van der Waals surface area (Å²) in [4.78, 5) is 4.19. The second kappa shape index (κ2) is 6.06. The molecular weight excluding hydrogens is 336 g/mol. The number of benzene rings is 2. The molecule has 118 valence electrons. The maximum absolute atomic E-state index is 12.7. The first-order chi connectivity index (χ1) is 11.0. The zero-order valence-electron chi connectivity index (χ0n) is 12.2. The van der Waals surface area contributed by atoms with Crippen molar-refractivity contribution in [1.82, 2.24) is 4.98 Å². The topological polar surface area (TPSA) is 68.3 Å². The smallest absolute Gasteiger partial charge is 0.265 e. The zero-order chi connectivity index (χ0) is 16.4. The molecule has 0 fully saturated rings. The van der Waals surface area contributed by atoms with Crippen LogP contribution in [0.25, 0.3) is 10.9 Å². The number of halogens is 1. The van der Waals surface area contributed by atoms with E-state index in [0.29, 0.717) is 21.6 Å². The highest BCUT2D eigenvalue weighted by Gasteiger charge is 2.21. The molecule has 0 unspecified atom stereocenters. The minimum absolute atomic E-state index is 0.0200. The van der Waals surface area contributed by atoms with Crippen LogP contribution in [0.1, 0.15) is 0 Å². The quantitative estimate of drug-likeness (QED) is 0.780. The molecule has 0 aliphatic heterocycles. The van der Waals surface area contributed by atoms with Crippen LogP contribution in [0.2, 0.25) is 5.02 Å². The summed E-state index contributed by atoms with van der Waals surface area (Å²) < 4.78 is 33.1. The van der Waals surface area contributed by atoms with E-state index in [1.54, 1.807) is 36.5 Å². The van der Waals surface area contributed by atoms with Crippen molar-refractivity contribution < 1.29 is 13.2 Å². The predicted octanol–water partition coefficient (Wildman–Crippen LogP) is 3.70. The van der Waals surface area contributed by atoms with E-state index in [1.807, 2.05) is 6.07 Å². The van der Waals surface area contributed by atoms with Crippen LogP contribution in [0, 0.1) is 0 Å². The van der Waals surface area contributed by atoms with Crippen LogP contribution in [-0.2, 0) is 10.0 Å². The molecule has 1 N–H and O–H groups in total. The number of fused-ring (bicyclic) bond motifs is 1. The number of nitrogens with one attached hydrogen (secondary N) is 1. The van der Waals surface area contributed by atoms with E-state index in [-0.39, 0.29) is 10.6 Å². The normalized spacial score (nSPS) is 11.4. The Morgan fingerprint density at radius 3 is 2.74 bits per heavy atom. The average Bonchev–Trinajstić information content (AvgIpc) is 2.55. The van der Waals surface area contributed by atoms with Crippen molar-refractivity contribution in [2.24, 2.45) is 0 Å². The van der Waals surface area contributed by atoms with Gasteiger partial charge in [-0.05, 0) is 42.5 Å². The minimum Gasteiger partial charge on any atom is -0.495 e. The van der Waals surface area contributed by atoms with Gasteiger partial charge < -0.3 is 4.74 Å². The molecule has 0 spiro atoms.